The molecule has 0 radical (unpaired) electrons. The molecule has 3 aromatic rings. The van der Waals surface area contributed by atoms with E-state index < -0.39 is 72.6 Å². The van der Waals surface area contributed by atoms with Crippen LogP contribution in [0.2, 0.25) is 0 Å². The molecule has 0 saturated carbocycles. The average molecular weight is 642 g/mol. The first-order valence-electron chi connectivity index (χ1n) is 12.3. The lowest BCUT2D eigenvalue weighted by molar-refractivity contribution is -0.166. The molecule has 0 spiro atoms. The monoisotopic (exact) mass is 642 g/mol. The lowest BCUT2D eigenvalue weighted by Crippen LogP contribution is -2.53. The Bertz CT molecular complexity index is 1570. The summed E-state index contributed by atoms with van der Waals surface area (Å²) in [5, 5.41) is 23.0. The Morgan fingerprint density at radius 1 is 0.795 bits per heavy atom. The van der Waals surface area contributed by atoms with Crippen LogP contribution in [0, 0.1) is 0 Å². The number of hydrogen-bond donors (Lipinski definition) is 6. The van der Waals surface area contributed by atoms with Crippen LogP contribution in [0.5, 0.6) is 0 Å². The summed E-state index contributed by atoms with van der Waals surface area (Å²) >= 11 is 0. The van der Waals surface area contributed by atoms with Gasteiger partial charge >= 0.3 is 31.1 Å². The van der Waals surface area contributed by atoms with E-state index in [1.54, 1.807) is 0 Å². The van der Waals surface area contributed by atoms with Gasteiger partial charge in [0, 0.05) is 36.4 Å². The van der Waals surface area contributed by atoms with E-state index in [1.807, 2.05) is 0 Å². The number of alkyl halides is 4. The molecule has 3 rings (SSSR count). The van der Waals surface area contributed by atoms with Crippen molar-refractivity contribution in [3.8, 4) is 0 Å². The van der Waals surface area contributed by atoms with Gasteiger partial charge in [0.05, 0.1) is 6.20 Å². The summed E-state index contributed by atoms with van der Waals surface area (Å²) in [6.07, 6.45) is 2.67. The van der Waals surface area contributed by atoms with Crippen LogP contribution in [0.15, 0.2) is 67.1 Å². The maximum absolute atomic E-state index is 13.9. The van der Waals surface area contributed by atoms with E-state index in [0.29, 0.717) is 12.1 Å². The topological polar surface area (TPSA) is 216 Å². The van der Waals surface area contributed by atoms with Crippen LogP contribution in [0.3, 0.4) is 0 Å². The fourth-order valence-electron chi connectivity index (χ4n) is 3.78. The number of carbonyl (C=O) groups excluding carboxylic acids is 2. The van der Waals surface area contributed by atoms with Crippen molar-refractivity contribution in [3.05, 3.63) is 95.1 Å². The Labute approximate surface area is 245 Å². The van der Waals surface area contributed by atoms with E-state index in [-0.39, 0.29) is 23.2 Å². The van der Waals surface area contributed by atoms with Gasteiger partial charge in [-0.1, -0.05) is 48.5 Å². The van der Waals surface area contributed by atoms with Crippen molar-refractivity contribution >= 4 is 31.3 Å². The van der Waals surface area contributed by atoms with Crippen LogP contribution in [0.25, 0.3) is 0 Å². The van der Waals surface area contributed by atoms with Gasteiger partial charge in [-0.2, -0.15) is 17.6 Å². The summed E-state index contributed by atoms with van der Waals surface area (Å²) in [4.78, 5) is 74.0. The van der Waals surface area contributed by atoms with E-state index in [1.165, 1.54) is 12.4 Å². The molecule has 0 saturated heterocycles. The molecule has 0 aliphatic rings. The maximum atomic E-state index is 13.9. The van der Waals surface area contributed by atoms with Crippen molar-refractivity contribution in [1.82, 2.24) is 20.6 Å². The van der Waals surface area contributed by atoms with Gasteiger partial charge in [0.15, 0.2) is 0 Å². The van der Waals surface area contributed by atoms with Gasteiger partial charge in [-0.25, -0.2) is 14.6 Å². The van der Waals surface area contributed by atoms with Crippen molar-refractivity contribution in [3.63, 3.8) is 0 Å². The molecule has 18 heteroatoms. The molecule has 1 heterocycles. The number of carboxylic acid groups (broad SMARTS) is 2. The van der Waals surface area contributed by atoms with Crippen LogP contribution in [-0.4, -0.2) is 65.8 Å². The minimum atomic E-state index is -5.85. The first-order valence-corrected chi connectivity index (χ1v) is 13.9. The number of nitrogens with one attached hydrogen (secondary N) is 2. The Balaban J connectivity index is 1.83. The van der Waals surface area contributed by atoms with E-state index in [0.717, 1.165) is 42.6 Å². The van der Waals surface area contributed by atoms with Gasteiger partial charge in [0.2, 0.25) is 5.91 Å². The van der Waals surface area contributed by atoms with E-state index >= 15 is 0 Å². The number of aliphatic carboxylic acids is 2. The zero-order valence-corrected chi connectivity index (χ0v) is 23.0. The normalized spacial score (nSPS) is 13.4. The first kappa shape index (κ1) is 33.8. The number of halogens is 4. The molecule has 6 N–H and O–H groups in total. The molecule has 0 bridgehead atoms. The number of rotatable bonds is 13. The fourth-order valence-corrected chi connectivity index (χ4v) is 4.27. The van der Waals surface area contributed by atoms with Gasteiger partial charge in [0.25, 0.3) is 5.91 Å². The summed E-state index contributed by atoms with van der Waals surface area (Å²) < 4.78 is 66.7. The zero-order chi connectivity index (χ0) is 32.9. The Kier molecular flexibility index (Phi) is 10.2. The summed E-state index contributed by atoms with van der Waals surface area (Å²) in [5.41, 5.74) is -6.34. The highest BCUT2D eigenvalue weighted by Gasteiger charge is 2.50. The molecule has 13 nitrogen and oxygen atoms in total. The number of nitrogens with zero attached hydrogens (tertiary/aromatic N) is 2. The lowest BCUT2D eigenvalue weighted by Gasteiger charge is -2.22. The molecule has 234 valence electrons. The van der Waals surface area contributed by atoms with Gasteiger partial charge in [-0.05, 0) is 11.1 Å². The van der Waals surface area contributed by atoms with Crippen molar-refractivity contribution < 1.29 is 61.3 Å². The van der Waals surface area contributed by atoms with Crippen LogP contribution >= 0.6 is 7.60 Å². The fraction of sp³-hybridized carbons (Fsp3) is 0.231. The predicted molar refractivity (Wildman–Crippen MR) is 141 cm³/mol. The van der Waals surface area contributed by atoms with Crippen LogP contribution in [0.4, 0.5) is 17.6 Å². The smallest absolute Gasteiger partial charge is 0.399 e. The number of carbonyl (C=O) groups is 4. The number of carboxylic acids is 2. The van der Waals surface area contributed by atoms with Gasteiger partial charge in [-0.3, -0.25) is 19.1 Å². The number of amides is 2. The van der Waals surface area contributed by atoms with Crippen LogP contribution in [0.1, 0.15) is 32.7 Å². The van der Waals surface area contributed by atoms with E-state index in [4.69, 9.17) is 14.9 Å². The first-order chi connectivity index (χ1) is 20.4. The van der Waals surface area contributed by atoms with Gasteiger partial charge in [-0.15, -0.1) is 0 Å². The zero-order valence-electron chi connectivity index (χ0n) is 22.1. The standard InChI is InChI=1S/C26H23F4N4O9P/c27-25(28,24(39)40)16-5-1-14(2-6-16)11-18(33-22(36)20-13-31-9-10-32-20)21(35)34-19(23(37)38)12-15-3-7-17(8-4-15)26(29,30)44(41,42)43/h1-10,13,18-19H,11-12H2,(H,33,36)(H,34,35)(H,37,38)(H,39,40)(H2,41,42,43). The second kappa shape index (κ2) is 13.3. The quantitative estimate of drug-likeness (QED) is 0.117. The third-order valence-corrected chi connectivity index (χ3v) is 7.15. The third kappa shape index (κ3) is 8.00. The molecule has 2 amide bonds. The molecular formula is C26H23F4N4O9P. The Morgan fingerprint density at radius 3 is 1.77 bits per heavy atom. The minimum Gasteiger partial charge on any atom is -0.480 e. The molecule has 44 heavy (non-hydrogen) atoms. The minimum absolute atomic E-state index is 0.0815. The molecule has 2 unspecified atom stereocenters. The largest absolute Gasteiger partial charge is 0.480 e. The molecule has 2 aromatic carbocycles. The Hall–Kier alpha value is -4.73. The highest BCUT2D eigenvalue weighted by atomic mass is 31.2. The highest BCUT2D eigenvalue weighted by Crippen LogP contribution is 2.59. The van der Waals surface area contributed by atoms with Crippen molar-refractivity contribution in [2.75, 3.05) is 0 Å². The summed E-state index contributed by atoms with van der Waals surface area (Å²) in [5.74, 6) is -10.1. The number of benzene rings is 2. The molecule has 0 aliphatic carbocycles. The lowest BCUT2D eigenvalue weighted by atomic mass is 10.00. The second-order valence-electron chi connectivity index (χ2n) is 9.28. The van der Waals surface area contributed by atoms with Crippen LogP contribution in [-0.2, 0) is 43.4 Å². The van der Waals surface area contributed by atoms with Crippen LogP contribution < -0.4 is 10.6 Å². The molecule has 0 fully saturated rings. The predicted octanol–water partition coefficient (Wildman–Crippen LogP) is 2.03. The molecule has 0 aliphatic heterocycles. The Morgan fingerprint density at radius 2 is 1.32 bits per heavy atom. The maximum Gasteiger partial charge on any atom is 0.399 e. The van der Waals surface area contributed by atoms with Gasteiger partial charge < -0.3 is 30.6 Å². The van der Waals surface area contributed by atoms with E-state index in [2.05, 4.69) is 20.6 Å². The number of aromatic nitrogens is 2. The SMILES string of the molecule is O=C(NC(Cc1ccc(C(F)(F)C(=O)O)cc1)C(=O)NC(Cc1ccc(C(F)(F)P(=O)(O)O)cc1)C(=O)O)c1cnccn1. The third-order valence-electron chi connectivity index (χ3n) is 6.16. The summed E-state index contributed by atoms with van der Waals surface area (Å²) in [7, 11) is -5.85. The summed E-state index contributed by atoms with van der Waals surface area (Å²) in [6.45, 7) is 0. The summed E-state index contributed by atoms with van der Waals surface area (Å²) in [6, 6.07) is 3.93. The highest BCUT2D eigenvalue weighted by molar-refractivity contribution is 7.52. The van der Waals surface area contributed by atoms with Gasteiger partial charge in [0.1, 0.15) is 17.8 Å². The molecule has 2 atom stereocenters. The average Bonchev–Trinajstić information content (AvgIpc) is 2.96. The van der Waals surface area contributed by atoms with E-state index in [9.17, 15) is 46.4 Å². The second-order valence-corrected chi connectivity index (χ2v) is 10.9. The number of hydrogen-bond acceptors (Lipinski definition) is 7. The van der Waals surface area contributed by atoms with Crippen molar-refractivity contribution in [2.24, 2.45) is 0 Å². The molecular weight excluding hydrogens is 619 g/mol. The van der Waals surface area contributed by atoms with Crippen molar-refractivity contribution in [2.45, 2.75) is 36.5 Å². The molecule has 1 aromatic heterocycles. The van der Waals surface area contributed by atoms with Crippen molar-refractivity contribution in [1.29, 1.82) is 0 Å².